The summed E-state index contributed by atoms with van der Waals surface area (Å²) in [6.45, 7) is 2.71. The number of carbonyl (C=O) groups excluding carboxylic acids is 1. The average molecular weight is 247 g/mol. The van der Waals surface area contributed by atoms with Gasteiger partial charge in [0, 0.05) is 0 Å². The van der Waals surface area contributed by atoms with Gasteiger partial charge >= 0.3 is 0 Å². The first-order valence-corrected chi connectivity index (χ1v) is 6.37. The number of carbonyl (C=O) groups is 1. The predicted octanol–water partition coefficient (Wildman–Crippen LogP) is 1.26. The lowest BCUT2D eigenvalue weighted by Crippen LogP contribution is -2.36. The van der Waals surface area contributed by atoms with E-state index in [2.05, 4.69) is 17.7 Å². The van der Waals surface area contributed by atoms with Crippen molar-refractivity contribution in [3.8, 4) is 0 Å². The number of hydrogen-bond donors (Lipinski definition) is 2. The Hall–Kier alpha value is -1.30. The SMILES string of the molecule is Cc1ccc(C=C2SC3NCNN3C2=O)cc1. The number of fused-ring (bicyclic) bond motifs is 1. The number of nitrogens with one attached hydrogen (secondary N) is 2. The van der Waals surface area contributed by atoms with Crippen molar-refractivity contribution in [1.82, 2.24) is 15.8 Å². The summed E-state index contributed by atoms with van der Waals surface area (Å²) >= 11 is 1.55. The van der Waals surface area contributed by atoms with E-state index in [-0.39, 0.29) is 11.4 Å². The monoisotopic (exact) mass is 247 g/mol. The number of hydrazine groups is 1. The van der Waals surface area contributed by atoms with Gasteiger partial charge in [0.25, 0.3) is 5.91 Å². The molecule has 2 aliphatic rings. The Kier molecular flexibility index (Phi) is 2.66. The topological polar surface area (TPSA) is 44.4 Å². The molecule has 5 heteroatoms. The average Bonchev–Trinajstić information content (AvgIpc) is 2.87. The van der Waals surface area contributed by atoms with Gasteiger partial charge in [-0.15, -0.1) is 0 Å². The van der Waals surface area contributed by atoms with Gasteiger partial charge in [-0.05, 0) is 18.6 Å². The van der Waals surface area contributed by atoms with Crippen molar-refractivity contribution in [2.24, 2.45) is 0 Å². The van der Waals surface area contributed by atoms with Crippen molar-refractivity contribution in [2.45, 2.75) is 12.4 Å². The number of nitrogens with zero attached hydrogens (tertiary/aromatic N) is 1. The molecule has 1 aromatic carbocycles. The Morgan fingerprint density at radius 1 is 1.41 bits per heavy atom. The fraction of sp³-hybridized carbons (Fsp3) is 0.250. The van der Waals surface area contributed by atoms with Gasteiger partial charge in [0.1, 0.15) is 0 Å². The summed E-state index contributed by atoms with van der Waals surface area (Å²) < 4.78 is 0. The number of thioether (sulfide) groups is 1. The van der Waals surface area contributed by atoms with Crippen LogP contribution in [0.25, 0.3) is 6.08 Å². The van der Waals surface area contributed by atoms with Crippen LogP contribution in [0.5, 0.6) is 0 Å². The first kappa shape index (κ1) is 10.8. The molecule has 1 aromatic rings. The van der Waals surface area contributed by atoms with Crippen LogP contribution in [0.2, 0.25) is 0 Å². The van der Waals surface area contributed by atoms with Crippen LogP contribution in [0.4, 0.5) is 0 Å². The lowest BCUT2D eigenvalue weighted by molar-refractivity contribution is -0.127. The van der Waals surface area contributed by atoms with Crippen molar-refractivity contribution in [3.05, 3.63) is 40.3 Å². The highest BCUT2D eigenvalue weighted by atomic mass is 32.2. The highest BCUT2D eigenvalue weighted by Gasteiger charge is 2.39. The van der Waals surface area contributed by atoms with E-state index >= 15 is 0 Å². The second kappa shape index (κ2) is 4.18. The van der Waals surface area contributed by atoms with Crippen molar-refractivity contribution < 1.29 is 4.79 Å². The molecule has 88 valence electrons. The lowest BCUT2D eigenvalue weighted by Gasteiger charge is -2.10. The molecule has 0 aromatic heterocycles. The van der Waals surface area contributed by atoms with E-state index in [0.717, 1.165) is 10.5 Å². The minimum absolute atomic E-state index is 0.0409. The van der Waals surface area contributed by atoms with Crippen molar-refractivity contribution in [1.29, 1.82) is 0 Å². The number of benzene rings is 1. The fourth-order valence-corrected chi connectivity index (χ4v) is 2.95. The minimum atomic E-state index is 0.0409. The van der Waals surface area contributed by atoms with E-state index in [1.807, 2.05) is 30.3 Å². The van der Waals surface area contributed by atoms with Crippen LogP contribution in [0.3, 0.4) is 0 Å². The van der Waals surface area contributed by atoms with Gasteiger partial charge < -0.3 is 0 Å². The second-order valence-electron chi connectivity index (χ2n) is 4.10. The Labute approximate surface area is 104 Å². The van der Waals surface area contributed by atoms with Crippen LogP contribution >= 0.6 is 11.8 Å². The second-order valence-corrected chi connectivity index (χ2v) is 5.23. The van der Waals surface area contributed by atoms with Gasteiger partial charge in [0.05, 0.1) is 11.6 Å². The zero-order valence-electron chi connectivity index (χ0n) is 9.43. The predicted molar refractivity (Wildman–Crippen MR) is 68.5 cm³/mol. The standard InChI is InChI=1S/C12H13N3OS/c1-8-2-4-9(5-3-8)6-10-11(16)15-12(17-10)13-7-14-15/h2-6,12-14H,7H2,1H3. The molecule has 0 radical (unpaired) electrons. The summed E-state index contributed by atoms with van der Waals surface area (Å²) in [5, 5.41) is 4.83. The van der Waals surface area contributed by atoms with E-state index in [1.54, 1.807) is 16.8 Å². The largest absolute Gasteiger partial charge is 0.276 e. The van der Waals surface area contributed by atoms with Gasteiger partial charge in [0.15, 0.2) is 5.50 Å². The van der Waals surface area contributed by atoms with E-state index in [9.17, 15) is 4.79 Å². The number of aryl methyl sites for hydroxylation is 1. The molecule has 0 spiro atoms. The van der Waals surface area contributed by atoms with Gasteiger partial charge in [-0.3, -0.25) is 10.1 Å². The maximum Gasteiger partial charge on any atom is 0.276 e. The Bertz CT molecular complexity index is 483. The minimum Gasteiger partial charge on any atom is -0.273 e. The van der Waals surface area contributed by atoms with Gasteiger partial charge in [-0.25, -0.2) is 10.4 Å². The highest BCUT2D eigenvalue weighted by Crippen LogP contribution is 2.34. The third-order valence-corrected chi connectivity index (χ3v) is 3.95. The van der Waals surface area contributed by atoms with Gasteiger partial charge in [0.2, 0.25) is 0 Å². The first-order chi connectivity index (χ1) is 8.24. The zero-order chi connectivity index (χ0) is 11.8. The summed E-state index contributed by atoms with van der Waals surface area (Å²) in [6, 6.07) is 8.16. The zero-order valence-corrected chi connectivity index (χ0v) is 10.3. The lowest BCUT2D eigenvalue weighted by atomic mass is 10.1. The van der Waals surface area contributed by atoms with Gasteiger partial charge in [-0.2, -0.15) is 0 Å². The molecule has 0 saturated carbocycles. The van der Waals surface area contributed by atoms with Crippen LogP contribution in [-0.2, 0) is 4.79 Å². The Morgan fingerprint density at radius 3 is 2.88 bits per heavy atom. The molecule has 2 N–H and O–H groups in total. The molecule has 17 heavy (non-hydrogen) atoms. The molecule has 1 amide bonds. The maximum absolute atomic E-state index is 12.0. The molecule has 2 aliphatic heterocycles. The molecule has 3 rings (SSSR count). The molecule has 1 unspecified atom stereocenters. The Morgan fingerprint density at radius 2 is 2.18 bits per heavy atom. The molecule has 2 saturated heterocycles. The molecule has 4 nitrogen and oxygen atoms in total. The molecule has 2 fully saturated rings. The van der Waals surface area contributed by atoms with Crippen LogP contribution in [0.15, 0.2) is 29.2 Å². The molecule has 2 heterocycles. The number of rotatable bonds is 1. The van der Waals surface area contributed by atoms with Crippen LogP contribution < -0.4 is 10.7 Å². The van der Waals surface area contributed by atoms with E-state index < -0.39 is 0 Å². The quantitative estimate of drug-likeness (QED) is 0.733. The van der Waals surface area contributed by atoms with E-state index in [1.165, 1.54) is 5.56 Å². The molecular formula is C12H13N3OS. The molecule has 0 bridgehead atoms. The third kappa shape index (κ3) is 1.97. The van der Waals surface area contributed by atoms with Crippen LogP contribution in [0, 0.1) is 6.92 Å². The normalized spacial score (nSPS) is 25.7. The smallest absolute Gasteiger partial charge is 0.273 e. The van der Waals surface area contributed by atoms with Crippen LogP contribution in [-0.4, -0.2) is 23.1 Å². The van der Waals surface area contributed by atoms with E-state index in [4.69, 9.17) is 0 Å². The molecular weight excluding hydrogens is 234 g/mol. The third-order valence-electron chi connectivity index (χ3n) is 2.80. The number of amides is 1. The summed E-state index contributed by atoms with van der Waals surface area (Å²) in [5.74, 6) is 0.0468. The summed E-state index contributed by atoms with van der Waals surface area (Å²) in [7, 11) is 0. The fourth-order valence-electron chi connectivity index (χ4n) is 1.86. The Balaban J connectivity index is 1.85. The number of hydrogen-bond acceptors (Lipinski definition) is 4. The van der Waals surface area contributed by atoms with Crippen molar-refractivity contribution in [2.75, 3.05) is 6.67 Å². The molecule has 1 atom stereocenters. The first-order valence-electron chi connectivity index (χ1n) is 5.49. The van der Waals surface area contributed by atoms with Crippen molar-refractivity contribution >= 4 is 23.7 Å². The van der Waals surface area contributed by atoms with Crippen LogP contribution in [0.1, 0.15) is 11.1 Å². The summed E-state index contributed by atoms with van der Waals surface area (Å²) in [4.78, 5) is 12.8. The highest BCUT2D eigenvalue weighted by molar-refractivity contribution is 8.05. The van der Waals surface area contributed by atoms with E-state index in [0.29, 0.717) is 6.67 Å². The summed E-state index contributed by atoms with van der Waals surface area (Å²) in [5.41, 5.74) is 5.33. The van der Waals surface area contributed by atoms with Gasteiger partial charge in [-0.1, -0.05) is 41.6 Å². The molecule has 0 aliphatic carbocycles. The summed E-state index contributed by atoms with van der Waals surface area (Å²) in [6.07, 6.45) is 1.94. The maximum atomic E-state index is 12.0. The van der Waals surface area contributed by atoms with Crippen molar-refractivity contribution in [3.63, 3.8) is 0 Å².